The van der Waals surface area contributed by atoms with E-state index < -0.39 is 0 Å². The van der Waals surface area contributed by atoms with Gasteiger partial charge in [0.2, 0.25) is 12.7 Å². The molecule has 4 rings (SSSR count). The second-order valence-electron chi connectivity index (χ2n) is 5.51. The molecule has 0 saturated heterocycles. The van der Waals surface area contributed by atoms with Crippen molar-refractivity contribution in [1.29, 1.82) is 0 Å². The Morgan fingerprint density at radius 2 is 2.19 bits per heavy atom. The summed E-state index contributed by atoms with van der Waals surface area (Å²) >= 11 is 1.45. The van der Waals surface area contributed by atoms with Crippen LogP contribution in [0, 0.1) is 0 Å². The molecule has 1 aliphatic rings. The van der Waals surface area contributed by atoms with Gasteiger partial charge in [0.1, 0.15) is 12.4 Å². The molecule has 8 heteroatoms. The lowest BCUT2D eigenvalue weighted by Gasteiger charge is -2.08. The third kappa shape index (κ3) is 3.80. The van der Waals surface area contributed by atoms with Gasteiger partial charge in [0.15, 0.2) is 22.3 Å². The molecule has 1 aliphatic heterocycles. The number of nitrogens with one attached hydrogen (secondary N) is 1. The molecule has 0 radical (unpaired) electrons. The number of thiazole rings is 1. The minimum Gasteiger partial charge on any atom is -0.492 e. The van der Waals surface area contributed by atoms with Gasteiger partial charge in [0.25, 0.3) is 0 Å². The molecule has 0 atom stereocenters. The van der Waals surface area contributed by atoms with Gasteiger partial charge in [-0.05, 0) is 24.3 Å². The van der Waals surface area contributed by atoms with Crippen molar-refractivity contribution in [2.24, 2.45) is 0 Å². The van der Waals surface area contributed by atoms with Crippen molar-refractivity contribution in [2.45, 2.75) is 6.42 Å². The number of nitrogens with zero attached hydrogens (tertiary/aromatic N) is 1. The Balaban J connectivity index is 1.21. The smallest absolute Gasteiger partial charge is 0.231 e. The molecule has 0 bridgehead atoms. The highest BCUT2D eigenvalue weighted by molar-refractivity contribution is 7.13. The van der Waals surface area contributed by atoms with Crippen LogP contribution in [-0.4, -0.2) is 30.8 Å². The highest BCUT2D eigenvalue weighted by atomic mass is 32.1. The molecule has 3 heterocycles. The predicted octanol–water partition coefficient (Wildman–Crippen LogP) is 2.87. The molecule has 1 aromatic carbocycles. The van der Waals surface area contributed by atoms with Gasteiger partial charge in [0.05, 0.1) is 24.9 Å². The van der Waals surface area contributed by atoms with Gasteiger partial charge in [-0.2, -0.15) is 0 Å². The van der Waals surface area contributed by atoms with Gasteiger partial charge in [-0.15, -0.1) is 11.3 Å². The Labute approximate surface area is 153 Å². The monoisotopic (exact) mass is 372 g/mol. The van der Waals surface area contributed by atoms with Gasteiger partial charge in [0, 0.05) is 11.4 Å². The van der Waals surface area contributed by atoms with E-state index in [0.29, 0.717) is 36.2 Å². The average Bonchev–Trinajstić information content (AvgIpc) is 3.38. The summed E-state index contributed by atoms with van der Waals surface area (Å²) in [5, 5.41) is 5.45. The normalized spacial score (nSPS) is 12.2. The second-order valence-corrected chi connectivity index (χ2v) is 6.37. The summed E-state index contributed by atoms with van der Waals surface area (Å²) < 4.78 is 21.5. The molecule has 0 spiro atoms. The highest BCUT2D eigenvalue weighted by Gasteiger charge is 2.14. The molecule has 26 heavy (non-hydrogen) atoms. The fourth-order valence-corrected chi connectivity index (χ4v) is 3.24. The molecule has 2 aromatic heterocycles. The topological polar surface area (TPSA) is 82.8 Å². The SMILES string of the molecule is O=C(Cc1csc(-c2ccco2)n1)NCCOc1ccc2c(c1)OCO2. The Kier molecular flexibility index (Phi) is 4.74. The fourth-order valence-electron chi connectivity index (χ4n) is 2.45. The van der Waals surface area contributed by atoms with Crippen LogP contribution in [0.4, 0.5) is 0 Å². The number of ether oxygens (including phenoxy) is 3. The lowest BCUT2D eigenvalue weighted by Crippen LogP contribution is -2.29. The zero-order valence-corrected chi connectivity index (χ0v) is 14.6. The number of fused-ring (bicyclic) bond motifs is 1. The van der Waals surface area contributed by atoms with E-state index >= 15 is 0 Å². The van der Waals surface area contributed by atoms with Crippen LogP contribution in [0.2, 0.25) is 0 Å². The maximum Gasteiger partial charge on any atom is 0.231 e. The van der Waals surface area contributed by atoms with Crippen molar-refractivity contribution >= 4 is 17.2 Å². The third-order valence-electron chi connectivity index (χ3n) is 3.66. The first-order valence-electron chi connectivity index (χ1n) is 8.05. The number of aromatic nitrogens is 1. The number of carbonyl (C=O) groups excluding carboxylic acids is 1. The van der Waals surface area contributed by atoms with Crippen molar-refractivity contribution in [3.8, 4) is 28.0 Å². The molecule has 1 N–H and O–H groups in total. The maximum atomic E-state index is 12.0. The quantitative estimate of drug-likeness (QED) is 0.642. The minimum absolute atomic E-state index is 0.101. The number of amides is 1. The number of hydrogen-bond acceptors (Lipinski definition) is 7. The van der Waals surface area contributed by atoms with E-state index in [1.54, 1.807) is 24.5 Å². The Morgan fingerprint density at radius 1 is 1.27 bits per heavy atom. The number of hydrogen-bond donors (Lipinski definition) is 1. The zero-order valence-electron chi connectivity index (χ0n) is 13.8. The van der Waals surface area contributed by atoms with Crippen LogP contribution in [0.1, 0.15) is 5.69 Å². The van der Waals surface area contributed by atoms with Crippen molar-refractivity contribution in [1.82, 2.24) is 10.3 Å². The largest absolute Gasteiger partial charge is 0.492 e. The van der Waals surface area contributed by atoms with Crippen molar-refractivity contribution in [3.63, 3.8) is 0 Å². The van der Waals surface area contributed by atoms with E-state index in [1.807, 2.05) is 17.5 Å². The Morgan fingerprint density at radius 3 is 3.08 bits per heavy atom. The van der Waals surface area contributed by atoms with Crippen molar-refractivity contribution in [2.75, 3.05) is 19.9 Å². The highest BCUT2D eigenvalue weighted by Crippen LogP contribution is 2.35. The molecule has 0 fully saturated rings. The molecule has 0 unspecified atom stereocenters. The molecule has 1 amide bonds. The van der Waals surface area contributed by atoms with E-state index in [0.717, 1.165) is 10.7 Å². The first kappa shape index (κ1) is 16.5. The Bertz CT molecular complexity index is 891. The lowest BCUT2D eigenvalue weighted by molar-refractivity contribution is -0.120. The van der Waals surface area contributed by atoms with Gasteiger partial charge >= 0.3 is 0 Å². The van der Waals surface area contributed by atoms with Crippen molar-refractivity contribution < 1.29 is 23.4 Å². The van der Waals surface area contributed by atoms with E-state index in [1.165, 1.54) is 11.3 Å². The fraction of sp³-hybridized carbons (Fsp3) is 0.222. The molecule has 7 nitrogen and oxygen atoms in total. The summed E-state index contributed by atoms with van der Waals surface area (Å²) in [5.74, 6) is 2.66. The van der Waals surface area contributed by atoms with Crippen LogP contribution >= 0.6 is 11.3 Å². The number of rotatable bonds is 7. The van der Waals surface area contributed by atoms with Crippen LogP contribution < -0.4 is 19.5 Å². The van der Waals surface area contributed by atoms with Gasteiger partial charge in [-0.3, -0.25) is 4.79 Å². The number of benzene rings is 1. The molecular weight excluding hydrogens is 356 g/mol. The van der Waals surface area contributed by atoms with Gasteiger partial charge in [-0.25, -0.2) is 4.98 Å². The first-order valence-corrected chi connectivity index (χ1v) is 8.93. The zero-order chi connectivity index (χ0) is 17.8. The summed E-state index contributed by atoms with van der Waals surface area (Å²) in [4.78, 5) is 16.4. The molecular formula is C18H16N2O5S. The Hall–Kier alpha value is -3.00. The summed E-state index contributed by atoms with van der Waals surface area (Å²) in [7, 11) is 0. The molecule has 134 valence electrons. The average molecular weight is 372 g/mol. The van der Waals surface area contributed by atoms with Crippen molar-refractivity contribution in [3.05, 3.63) is 47.7 Å². The summed E-state index contributed by atoms with van der Waals surface area (Å²) in [6.45, 7) is 0.996. The summed E-state index contributed by atoms with van der Waals surface area (Å²) in [6.07, 6.45) is 1.82. The van der Waals surface area contributed by atoms with Crippen LogP contribution in [0.15, 0.2) is 46.4 Å². The van der Waals surface area contributed by atoms with Crippen LogP contribution in [-0.2, 0) is 11.2 Å². The third-order valence-corrected chi connectivity index (χ3v) is 4.57. The first-order chi connectivity index (χ1) is 12.8. The minimum atomic E-state index is -0.101. The van der Waals surface area contributed by atoms with Crippen LogP contribution in [0.25, 0.3) is 10.8 Å². The number of carbonyl (C=O) groups is 1. The van der Waals surface area contributed by atoms with Crippen LogP contribution in [0.3, 0.4) is 0 Å². The van der Waals surface area contributed by atoms with E-state index in [2.05, 4.69) is 10.3 Å². The van der Waals surface area contributed by atoms with Gasteiger partial charge in [-0.1, -0.05) is 0 Å². The van der Waals surface area contributed by atoms with E-state index in [-0.39, 0.29) is 19.1 Å². The second kappa shape index (κ2) is 7.49. The molecule has 0 aliphatic carbocycles. The van der Waals surface area contributed by atoms with Crippen LogP contribution in [0.5, 0.6) is 17.2 Å². The predicted molar refractivity (Wildman–Crippen MR) is 94.6 cm³/mol. The summed E-state index contributed by atoms with van der Waals surface area (Å²) in [5.41, 5.74) is 0.718. The van der Waals surface area contributed by atoms with Gasteiger partial charge < -0.3 is 23.9 Å². The standard InChI is InChI=1S/C18H16N2O5S/c21-17(8-12-10-26-18(20-12)15-2-1-6-23-15)19-5-7-22-13-3-4-14-16(9-13)25-11-24-14/h1-4,6,9-10H,5,7-8,11H2,(H,19,21). The number of furan rings is 1. The maximum absolute atomic E-state index is 12.0. The lowest BCUT2D eigenvalue weighted by atomic mass is 10.3. The van der Waals surface area contributed by atoms with E-state index in [4.69, 9.17) is 18.6 Å². The van der Waals surface area contributed by atoms with E-state index in [9.17, 15) is 4.79 Å². The molecule has 0 saturated carbocycles. The summed E-state index contributed by atoms with van der Waals surface area (Å²) in [6, 6.07) is 9.03. The molecule has 3 aromatic rings.